The summed E-state index contributed by atoms with van der Waals surface area (Å²) < 4.78 is 16.3. The number of para-hydroxylation sites is 1. The average Bonchev–Trinajstić information content (AvgIpc) is 3.24. The number of aromatic nitrogens is 2. The number of carbonyl (C=O) groups is 1. The van der Waals surface area contributed by atoms with Crippen molar-refractivity contribution in [2.24, 2.45) is 0 Å². The Labute approximate surface area is 192 Å². The molecule has 2 heterocycles. The fourth-order valence-corrected chi connectivity index (χ4v) is 3.94. The molecule has 1 amide bonds. The number of nitrogens with zero attached hydrogens (tertiary/aromatic N) is 2. The zero-order chi connectivity index (χ0) is 22.1. The van der Waals surface area contributed by atoms with Gasteiger partial charge in [0.15, 0.2) is 0 Å². The van der Waals surface area contributed by atoms with Crippen molar-refractivity contribution in [1.82, 2.24) is 9.78 Å². The molecular formula is C25H18BrFN4O. The third-order valence-electron chi connectivity index (χ3n) is 5.28. The Bertz CT molecular complexity index is 1300. The number of carbonyl (C=O) groups excluding carboxylic acids is 1. The lowest BCUT2D eigenvalue weighted by molar-refractivity contribution is 0.102. The van der Waals surface area contributed by atoms with E-state index in [4.69, 9.17) is 0 Å². The molecule has 1 atom stereocenters. The molecule has 0 saturated carbocycles. The van der Waals surface area contributed by atoms with Gasteiger partial charge in [0.1, 0.15) is 17.2 Å². The first-order valence-corrected chi connectivity index (χ1v) is 10.8. The van der Waals surface area contributed by atoms with Crippen LogP contribution in [0, 0.1) is 5.82 Å². The monoisotopic (exact) mass is 488 g/mol. The number of halogens is 2. The first-order valence-electron chi connectivity index (χ1n) is 10.0. The molecule has 1 aromatic heterocycles. The van der Waals surface area contributed by atoms with Gasteiger partial charge in [0.05, 0.1) is 12.2 Å². The smallest absolute Gasteiger partial charge is 0.261 e. The maximum Gasteiger partial charge on any atom is 0.261 e. The zero-order valence-electron chi connectivity index (χ0n) is 16.8. The minimum Gasteiger partial charge on any atom is -0.339 e. The van der Waals surface area contributed by atoms with Crippen molar-refractivity contribution in [2.45, 2.75) is 6.04 Å². The lowest BCUT2D eigenvalue weighted by Gasteiger charge is -2.26. The average molecular weight is 489 g/mol. The highest BCUT2D eigenvalue weighted by molar-refractivity contribution is 9.10. The molecule has 7 heteroatoms. The standard InChI is InChI=1S/C25H18BrFN4O/c26-18-10-6-16(7-11-18)22-14-23(17-8-12-19(27)13-9-17)31-24(30-22)21(15-28-31)25(32)29-20-4-2-1-3-5-20/h1-15,23,30H,(H,29,32). The highest BCUT2D eigenvalue weighted by atomic mass is 79.9. The van der Waals surface area contributed by atoms with Crippen LogP contribution < -0.4 is 10.6 Å². The highest BCUT2D eigenvalue weighted by Crippen LogP contribution is 2.35. The van der Waals surface area contributed by atoms with Gasteiger partial charge in [-0.3, -0.25) is 4.79 Å². The van der Waals surface area contributed by atoms with E-state index in [1.807, 2.05) is 60.7 Å². The molecule has 32 heavy (non-hydrogen) atoms. The van der Waals surface area contributed by atoms with E-state index in [9.17, 15) is 9.18 Å². The quantitative estimate of drug-likeness (QED) is 0.365. The minimum atomic E-state index is -0.302. The Kier molecular flexibility index (Phi) is 5.33. The molecule has 5 nitrogen and oxygen atoms in total. The van der Waals surface area contributed by atoms with Crippen LogP contribution in [0.5, 0.6) is 0 Å². The first-order chi connectivity index (χ1) is 15.6. The van der Waals surface area contributed by atoms with Crippen LogP contribution in [0.2, 0.25) is 0 Å². The third-order valence-corrected chi connectivity index (χ3v) is 5.81. The number of rotatable bonds is 4. The summed E-state index contributed by atoms with van der Waals surface area (Å²) in [4.78, 5) is 13.0. The summed E-state index contributed by atoms with van der Waals surface area (Å²) in [7, 11) is 0. The number of nitrogens with one attached hydrogen (secondary N) is 2. The number of fused-ring (bicyclic) bond motifs is 1. The van der Waals surface area contributed by atoms with Gasteiger partial charge < -0.3 is 10.6 Å². The van der Waals surface area contributed by atoms with Crippen molar-refractivity contribution < 1.29 is 9.18 Å². The Morgan fingerprint density at radius 2 is 1.72 bits per heavy atom. The summed E-state index contributed by atoms with van der Waals surface area (Å²) in [6.07, 6.45) is 3.57. The number of anilines is 2. The van der Waals surface area contributed by atoms with Crippen LogP contribution in [0.25, 0.3) is 5.70 Å². The van der Waals surface area contributed by atoms with Gasteiger partial charge in [0.25, 0.3) is 5.91 Å². The van der Waals surface area contributed by atoms with Gasteiger partial charge in [-0.05, 0) is 53.6 Å². The van der Waals surface area contributed by atoms with Crippen LogP contribution >= 0.6 is 15.9 Å². The van der Waals surface area contributed by atoms with Gasteiger partial charge in [-0.25, -0.2) is 9.07 Å². The molecule has 0 radical (unpaired) electrons. The van der Waals surface area contributed by atoms with Crippen molar-refractivity contribution in [1.29, 1.82) is 0 Å². The normalized spacial score (nSPS) is 14.8. The van der Waals surface area contributed by atoms with Crippen molar-refractivity contribution in [2.75, 3.05) is 10.6 Å². The topological polar surface area (TPSA) is 59.0 Å². The Morgan fingerprint density at radius 1 is 1.00 bits per heavy atom. The van der Waals surface area contributed by atoms with Crippen LogP contribution in [0.15, 0.2) is 95.6 Å². The van der Waals surface area contributed by atoms with Gasteiger partial charge in [-0.15, -0.1) is 0 Å². The van der Waals surface area contributed by atoms with Gasteiger partial charge in [0.2, 0.25) is 0 Å². The van der Waals surface area contributed by atoms with Crippen molar-refractivity contribution in [3.8, 4) is 0 Å². The molecule has 4 aromatic rings. The van der Waals surface area contributed by atoms with Gasteiger partial charge in [0, 0.05) is 15.9 Å². The van der Waals surface area contributed by atoms with Crippen LogP contribution in [-0.4, -0.2) is 15.7 Å². The predicted molar refractivity (Wildman–Crippen MR) is 127 cm³/mol. The largest absolute Gasteiger partial charge is 0.339 e. The number of allylic oxidation sites excluding steroid dienone is 1. The van der Waals surface area contributed by atoms with E-state index >= 15 is 0 Å². The molecule has 158 valence electrons. The van der Waals surface area contributed by atoms with E-state index in [0.717, 1.165) is 21.3 Å². The van der Waals surface area contributed by atoms with Gasteiger partial charge in [-0.2, -0.15) is 5.10 Å². The second-order valence-electron chi connectivity index (χ2n) is 7.38. The first kappa shape index (κ1) is 20.2. The van der Waals surface area contributed by atoms with E-state index in [-0.39, 0.29) is 17.8 Å². The van der Waals surface area contributed by atoms with Crippen LogP contribution in [0.4, 0.5) is 15.9 Å². The number of amides is 1. The lowest BCUT2D eigenvalue weighted by Crippen LogP contribution is -2.22. The molecule has 0 spiro atoms. The third kappa shape index (κ3) is 3.94. The van der Waals surface area contributed by atoms with E-state index < -0.39 is 0 Å². The molecule has 0 saturated heterocycles. The second kappa shape index (κ2) is 8.43. The van der Waals surface area contributed by atoms with E-state index in [0.29, 0.717) is 17.1 Å². The molecule has 0 aliphatic carbocycles. The molecule has 5 rings (SSSR count). The van der Waals surface area contributed by atoms with E-state index in [2.05, 4.69) is 31.7 Å². The second-order valence-corrected chi connectivity index (χ2v) is 8.30. The van der Waals surface area contributed by atoms with Gasteiger partial charge in [-0.1, -0.05) is 58.4 Å². The molecule has 0 fully saturated rings. The maximum atomic E-state index is 13.5. The van der Waals surface area contributed by atoms with Gasteiger partial charge >= 0.3 is 0 Å². The van der Waals surface area contributed by atoms with Crippen molar-refractivity contribution in [3.05, 3.63) is 118 Å². The Morgan fingerprint density at radius 3 is 2.44 bits per heavy atom. The lowest BCUT2D eigenvalue weighted by atomic mass is 10.0. The summed E-state index contributed by atoms with van der Waals surface area (Å²) >= 11 is 3.46. The highest BCUT2D eigenvalue weighted by Gasteiger charge is 2.28. The molecule has 2 N–H and O–H groups in total. The van der Waals surface area contributed by atoms with Crippen LogP contribution in [0.1, 0.15) is 27.5 Å². The fourth-order valence-electron chi connectivity index (χ4n) is 3.68. The summed E-state index contributed by atoms with van der Waals surface area (Å²) in [5.41, 5.74) is 3.79. The summed E-state index contributed by atoms with van der Waals surface area (Å²) in [5.74, 6) is 0.0106. The predicted octanol–water partition coefficient (Wildman–Crippen LogP) is 6.09. The molecule has 1 unspecified atom stereocenters. The number of hydrogen-bond acceptors (Lipinski definition) is 3. The Balaban J connectivity index is 1.56. The molecule has 0 bridgehead atoms. The SMILES string of the molecule is O=C(Nc1ccccc1)c1cnn2c1NC(c1ccc(Br)cc1)=CC2c1ccc(F)cc1. The summed E-state index contributed by atoms with van der Waals surface area (Å²) in [5, 5.41) is 10.8. The Hall–Kier alpha value is -3.71. The minimum absolute atomic E-state index is 0.264. The van der Waals surface area contributed by atoms with Crippen LogP contribution in [-0.2, 0) is 0 Å². The van der Waals surface area contributed by atoms with Crippen molar-refractivity contribution in [3.63, 3.8) is 0 Å². The van der Waals surface area contributed by atoms with E-state index in [1.54, 1.807) is 23.0 Å². The molecule has 1 aliphatic heterocycles. The zero-order valence-corrected chi connectivity index (χ0v) is 18.4. The summed E-state index contributed by atoms with van der Waals surface area (Å²) in [6.45, 7) is 0. The number of hydrogen-bond donors (Lipinski definition) is 2. The summed E-state index contributed by atoms with van der Waals surface area (Å²) in [6, 6.07) is 23.2. The number of benzene rings is 3. The fraction of sp³-hybridized carbons (Fsp3) is 0.0400. The molecular weight excluding hydrogens is 471 g/mol. The molecule has 3 aromatic carbocycles. The van der Waals surface area contributed by atoms with Crippen LogP contribution in [0.3, 0.4) is 0 Å². The molecule has 1 aliphatic rings. The maximum absolute atomic E-state index is 13.5. The van der Waals surface area contributed by atoms with Crippen molar-refractivity contribution >= 4 is 39.0 Å². The van der Waals surface area contributed by atoms with E-state index in [1.165, 1.54) is 12.1 Å².